The number of benzene rings is 1. The van der Waals surface area contributed by atoms with Crippen molar-refractivity contribution in [2.45, 2.75) is 39.0 Å². The summed E-state index contributed by atoms with van der Waals surface area (Å²) in [7, 11) is 1.68. The lowest BCUT2D eigenvalue weighted by atomic mass is 9.79. The predicted molar refractivity (Wildman–Crippen MR) is 74.9 cm³/mol. The quantitative estimate of drug-likeness (QED) is 0.915. The van der Waals surface area contributed by atoms with Gasteiger partial charge < -0.3 is 9.84 Å². The molecule has 0 fully saturated rings. The molecule has 0 aliphatic rings. The first kappa shape index (κ1) is 14.5. The minimum atomic E-state index is -0.267. The normalized spacial score (nSPS) is 12.0. The molecular formula is C14H21BrO2. The maximum absolute atomic E-state index is 9.55. The number of methoxy groups -OCH3 is 1. The molecule has 0 saturated carbocycles. The number of rotatable bonds is 4. The highest BCUT2D eigenvalue weighted by Crippen LogP contribution is 2.39. The maximum Gasteiger partial charge on any atom is 0.123 e. The van der Waals surface area contributed by atoms with Crippen molar-refractivity contribution < 1.29 is 9.84 Å². The van der Waals surface area contributed by atoms with Crippen molar-refractivity contribution in [1.29, 1.82) is 0 Å². The van der Waals surface area contributed by atoms with Crippen LogP contribution in [0, 0.1) is 0 Å². The third-order valence-electron chi connectivity index (χ3n) is 3.03. The second kappa shape index (κ2) is 5.40. The summed E-state index contributed by atoms with van der Waals surface area (Å²) in [6.45, 7) is 8.48. The lowest BCUT2D eigenvalue weighted by Gasteiger charge is -2.28. The summed E-state index contributed by atoms with van der Waals surface area (Å²) in [4.78, 5) is 0. The minimum absolute atomic E-state index is 0.117. The summed E-state index contributed by atoms with van der Waals surface area (Å²) in [6.07, 6.45) is 0. The molecule has 0 aliphatic heterocycles. The number of hydrogen-bond donors (Lipinski definition) is 1. The molecule has 0 saturated heterocycles. The van der Waals surface area contributed by atoms with Gasteiger partial charge in [-0.15, -0.1) is 0 Å². The Bertz CT molecular complexity index is 397. The van der Waals surface area contributed by atoms with Crippen molar-refractivity contribution in [1.82, 2.24) is 0 Å². The minimum Gasteiger partial charge on any atom is -0.496 e. The highest BCUT2D eigenvalue weighted by molar-refractivity contribution is 9.10. The topological polar surface area (TPSA) is 29.5 Å². The van der Waals surface area contributed by atoms with Crippen molar-refractivity contribution >= 4 is 15.9 Å². The molecule has 0 atom stereocenters. The fourth-order valence-electron chi connectivity index (χ4n) is 2.00. The van der Waals surface area contributed by atoms with Gasteiger partial charge in [0, 0.05) is 15.5 Å². The summed E-state index contributed by atoms with van der Waals surface area (Å²) in [5.74, 6) is 1.24. The molecule has 2 nitrogen and oxygen atoms in total. The van der Waals surface area contributed by atoms with E-state index >= 15 is 0 Å². The summed E-state index contributed by atoms with van der Waals surface area (Å²) in [5, 5.41) is 9.55. The van der Waals surface area contributed by atoms with Gasteiger partial charge in [-0.1, -0.05) is 43.6 Å². The molecule has 0 aromatic heterocycles. The first-order valence-electron chi connectivity index (χ1n) is 5.82. The van der Waals surface area contributed by atoms with E-state index in [2.05, 4.69) is 35.8 Å². The van der Waals surface area contributed by atoms with Crippen molar-refractivity contribution in [3.63, 3.8) is 0 Å². The summed E-state index contributed by atoms with van der Waals surface area (Å²) < 4.78 is 6.44. The van der Waals surface area contributed by atoms with Crippen LogP contribution in [0.5, 0.6) is 5.75 Å². The smallest absolute Gasteiger partial charge is 0.123 e. The van der Waals surface area contributed by atoms with E-state index in [1.807, 2.05) is 19.9 Å². The second-order valence-corrected chi connectivity index (χ2v) is 6.18. The van der Waals surface area contributed by atoms with Gasteiger partial charge in [-0.25, -0.2) is 0 Å². The lowest BCUT2D eigenvalue weighted by molar-refractivity contribution is 0.217. The summed E-state index contributed by atoms with van der Waals surface area (Å²) in [5.41, 5.74) is 2.05. The van der Waals surface area contributed by atoms with Crippen molar-refractivity contribution in [2.75, 3.05) is 13.7 Å². The Balaban J connectivity index is 3.51. The van der Waals surface area contributed by atoms with E-state index in [1.54, 1.807) is 7.11 Å². The molecule has 0 amide bonds. The van der Waals surface area contributed by atoms with E-state index in [0.29, 0.717) is 5.92 Å². The average molecular weight is 301 g/mol. The van der Waals surface area contributed by atoms with Crippen LogP contribution in [0.4, 0.5) is 0 Å². The SMILES string of the molecule is COc1cc(Br)cc(C(C)(C)CO)c1C(C)C. The lowest BCUT2D eigenvalue weighted by Crippen LogP contribution is -2.24. The van der Waals surface area contributed by atoms with Crippen molar-refractivity contribution in [3.05, 3.63) is 27.7 Å². The van der Waals surface area contributed by atoms with Gasteiger partial charge in [0.05, 0.1) is 13.7 Å². The molecule has 96 valence electrons. The molecular weight excluding hydrogens is 280 g/mol. The van der Waals surface area contributed by atoms with Crippen LogP contribution < -0.4 is 4.74 Å². The Hall–Kier alpha value is -0.540. The van der Waals surface area contributed by atoms with Crippen LogP contribution in [0.1, 0.15) is 44.7 Å². The van der Waals surface area contributed by atoms with E-state index < -0.39 is 0 Å². The number of hydrogen-bond acceptors (Lipinski definition) is 2. The first-order chi connectivity index (χ1) is 7.83. The van der Waals surface area contributed by atoms with E-state index in [1.165, 1.54) is 5.56 Å². The summed E-state index contributed by atoms with van der Waals surface area (Å²) in [6, 6.07) is 4.06. The summed E-state index contributed by atoms with van der Waals surface area (Å²) >= 11 is 3.50. The number of aliphatic hydroxyl groups excluding tert-OH is 1. The second-order valence-electron chi connectivity index (χ2n) is 5.27. The van der Waals surface area contributed by atoms with Crippen LogP contribution in [-0.4, -0.2) is 18.8 Å². The molecule has 0 radical (unpaired) electrons. The zero-order chi connectivity index (χ0) is 13.2. The Labute approximate surface area is 112 Å². The highest BCUT2D eigenvalue weighted by Gasteiger charge is 2.26. The third kappa shape index (κ3) is 3.02. The third-order valence-corrected chi connectivity index (χ3v) is 3.49. The van der Waals surface area contributed by atoms with E-state index in [4.69, 9.17) is 4.74 Å². The number of ether oxygens (including phenoxy) is 1. The Kier molecular flexibility index (Phi) is 4.62. The van der Waals surface area contributed by atoms with Gasteiger partial charge in [0.25, 0.3) is 0 Å². The van der Waals surface area contributed by atoms with Gasteiger partial charge >= 0.3 is 0 Å². The standard InChI is InChI=1S/C14H21BrO2/c1-9(2)13-11(14(3,4)8-16)6-10(15)7-12(13)17-5/h6-7,9,16H,8H2,1-5H3. The van der Waals surface area contributed by atoms with Crippen LogP contribution in [0.25, 0.3) is 0 Å². The molecule has 0 spiro atoms. The van der Waals surface area contributed by atoms with Gasteiger partial charge in [-0.05, 0) is 23.6 Å². The molecule has 0 bridgehead atoms. The molecule has 0 heterocycles. The van der Waals surface area contributed by atoms with Crippen LogP contribution in [0.2, 0.25) is 0 Å². The largest absolute Gasteiger partial charge is 0.496 e. The predicted octanol–water partition coefficient (Wildman–Crippen LogP) is 3.85. The molecule has 17 heavy (non-hydrogen) atoms. The Morgan fingerprint density at radius 3 is 2.35 bits per heavy atom. The fourth-order valence-corrected chi connectivity index (χ4v) is 2.44. The molecule has 0 aliphatic carbocycles. The molecule has 3 heteroatoms. The molecule has 1 aromatic rings. The van der Waals surface area contributed by atoms with E-state index in [-0.39, 0.29) is 12.0 Å². The zero-order valence-electron chi connectivity index (χ0n) is 11.2. The fraction of sp³-hybridized carbons (Fsp3) is 0.571. The number of aliphatic hydroxyl groups is 1. The highest BCUT2D eigenvalue weighted by atomic mass is 79.9. The van der Waals surface area contributed by atoms with Crippen LogP contribution in [0.3, 0.4) is 0 Å². The van der Waals surface area contributed by atoms with Crippen LogP contribution in [0.15, 0.2) is 16.6 Å². The van der Waals surface area contributed by atoms with E-state index in [9.17, 15) is 5.11 Å². The monoisotopic (exact) mass is 300 g/mol. The maximum atomic E-state index is 9.55. The van der Waals surface area contributed by atoms with Crippen LogP contribution in [-0.2, 0) is 5.41 Å². The number of halogens is 1. The van der Waals surface area contributed by atoms with Gasteiger partial charge in [0.2, 0.25) is 0 Å². The molecule has 1 N–H and O–H groups in total. The van der Waals surface area contributed by atoms with Crippen molar-refractivity contribution in [2.24, 2.45) is 0 Å². The zero-order valence-corrected chi connectivity index (χ0v) is 12.8. The van der Waals surface area contributed by atoms with Gasteiger partial charge in [-0.2, -0.15) is 0 Å². The van der Waals surface area contributed by atoms with Gasteiger partial charge in [-0.3, -0.25) is 0 Å². The van der Waals surface area contributed by atoms with Gasteiger partial charge in [0.15, 0.2) is 0 Å². The van der Waals surface area contributed by atoms with E-state index in [0.717, 1.165) is 15.8 Å². The first-order valence-corrected chi connectivity index (χ1v) is 6.61. The molecule has 1 rings (SSSR count). The van der Waals surface area contributed by atoms with Crippen molar-refractivity contribution in [3.8, 4) is 5.75 Å². The Morgan fingerprint density at radius 1 is 1.35 bits per heavy atom. The van der Waals surface area contributed by atoms with Crippen LogP contribution >= 0.6 is 15.9 Å². The van der Waals surface area contributed by atoms with Gasteiger partial charge in [0.1, 0.15) is 5.75 Å². The average Bonchev–Trinajstić information content (AvgIpc) is 2.27. The molecule has 0 unspecified atom stereocenters. The Morgan fingerprint density at radius 2 is 1.94 bits per heavy atom. The molecule has 1 aromatic carbocycles.